The molecule has 1 saturated carbocycles. The zero-order valence-corrected chi connectivity index (χ0v) is 23.6. The molecule has 2 heterocycles. The fourth-order valence-electron chi connectivity index (χ4n) is 5.99. The normalized spacial score (nSPS) is 19.7. The van der Waals surface area contributed by atoms with Gasteiger partial charge in [0.05, 0.1) is 5.92 Å². The first-order chi connectivity index (χ1) is 18.0. The third kappa shape index (κ3) is 5.36. The summed E-state index contributed by atoms with van der Waals surface area (Å²) < 4.78 is 6.68. The summed E-state index contributed by atoms with van der Waals surface area (Å²) in [5, 5.41) is 9.73. The summed E-state index contributed by atoms with van der Waals surface area (Å²) in [6.45, 7) is 13.1. The molecule has 1 N–H and O–H groups in total. The Balaban J connectivity index is 1.48. The van der Waals surface area contributed by atoms with Crippen LogP contribution in [0, 0.1) is 24.2 Å². The molecular weight excluding hydrogens is 470 g/mol. The van der Waals surface area contributed by atoms with E-state index in [-0.39, 0.29) is 17.4 Å². The first-order valence-corrected chi connectivity index (χ1v) is 14.1. The maximum Gasteiger partial charge on any atom is 0.306 e. The van der Waals surface area contributed by atoms with E-state index in [2.05, 4.69) is 81.2 Å². The van der Waals surface area contributed by atoms with E-state index < -0.39 is 11.9 Å². The lowest BCUT2D eigenvalue weighted by Crippen LogP contribution is -2.21. The molecule has 4 nitrogen and oxygen atoms in total. The number of hydrogen-bond donors (Lipinski definition) is 1. The lowest BCUT2D eigenvalue weighted by atomic mass is 9.75. The van der Waals surface area contributed by atoms with Gasteiger partial charge in [-0.3, -0.25) is 9.78 Å². The van der Waals surface area contributed by atoms with Crippen molar-refractivity contribution < 1.29 is 14.6 Å². The van der Waals surface area contributed by atoms with Crippen LogP contribution >= 0.6 is 0 Å². The Morgan fingerprint density at radius 2 is 1.79 bits per heavy atom. The molecule has 4 heteroatoms. The molecule has 0 saturated heterocycles. The number of aliphatic carboxylic acids is 1. The van der Waals surface area contributed by atoms with Gasteiger partial charge in [-0.25, -0.2) is 0 Å². The predicted octanol–water partition coefficient (Wildman–Crippen LogP) is 8.49. The number of carbonyl (C=O) groups is 1. The van der Waals surface area contributed by atoms with Gasteiger partial charge in [-0.2, -0.15) is 0 Å². The molecule has 1 aliphatic carbocycles. The van der Waals surface area contributed by atoms with Crippen molar-refractivity contribution in [3.8, 4) is 16.9 Å². The zero-order chi connectivity index (χ0) is 27.2. The van der Waals surface area contributed by atoms with Crippen LogP contribution in [0.3, 0.4) is 0 Å². The standard InChI is InChI=1S/C34H41NO3/c1-20-17-25(15-16-35-20)28-13-11-26(18-29(28)22(3)34(4,5)6)30-14-12-23-7-10-27(19-31(23)38-30)32(24-8-9-24)21(2)33(36)37/h7,10-11,13,15-19,21-22,24,30,32H,8-9,12,14H2,1-6H3,(H,36,37)/t21-,22?,30?,32-/m0/s1. The van der Waals surface area contributed by atoms with Crippen molar-refractivity contribution in [2.24, 2.45) is 17.3 Å². The Bertz CT molecular complexity index is 1330. The third-order valence-electron chi connectivity index (χ3n) is 8.90. The molecule has 0 radical (unpaired) electrons. The van der Waals surface area contributed by atoms with E-state index in [0.717, 1.165) is 42.7 Å². The Morgan fingerprint density at radius 1 is 1.03 bits per heavy atom. The lowest BCUT2D eigenvalue weighted by molar-refractivity contribution is -0.142. The van der Waals surface area contributed by atoms with E-state index in [1.165, 1.54) is 27.8 Å². The number of ether oxygens (including phenoxy) is 1. The van der Waals surface area contributed by atoms with Gasteiger partial charge in [0.2, 0.25) is 0 Å². The van der Waals surface area contributed by atoms with Crippen LogP contribution in [-0.2, 0) is 11.2 Å². The molecule has 1 aliphatic heterocycles. The van der Waals surface area contributed by atoms with E-state index in [9.17, 15) is 9.90 Å². The molecule has 0 amide bonds. The summed E-state index contributed by atoms with van der Waals surface area (Å²) >= 11 is 0. The second kappa shape index (κ2) is 10.2. The Labute approximate surface area is 227 Å². The highest BCUT2D eigenvalue weighted by Gasteiger charge is 2.39. The van der Waals surface area contributed by atoms with Crippen molar-refractivity contribution >= 4 is 5.97 Å². The molecule has 200 valence electrons. The van der Waals surface area contributed by atoms with Crippen LogP contribution < -0.4 is 4.74 Å². The maximum absolute atomic E-state index is 11.8. The van der Waals surface area contributed by atoms with Crippen molar-refractivity contribution in [3.05, 3.63) is 82.7 Å². The van der Waals surface area contributed by atoms with Crippen LogP contribution in [-0.4, -0.2) is 16.1 Å². The van der Waals surface area contributed by atoms with Gasteiger partial charge < -0.3 is 9.84 Å². The summed E-state index contributed by atoms with van der Waals surface area (Å²) in [5.74, 6) is 0.661. The Kier molecular flexibility index (Phi) is 7.11. The van der Waals surface area contributed by atoms with Crippen molar-refractivity contribution in [2.75, 3.05) is 0 Å². The SMILES string of the molecule is Cc1cc(-c2ccc(C3CCc4ccc([C@H](C5CC5)[C@H](C)C(=O)O)cc4O3)cc2C(C)C(C)(C)C)ccn1. The third-order valence-corrected chi connectivity index (χ3v) is 8.90. The summed E-state index contributed by atoms with van der Waals surface area (Å²) in [5.41, 5.74) is 8.46. The lowest BCUT2D eigenvalue weighted by Gasteiger charge is -2.32. The average molecular weight is 512 g/mol. The van der Waals surface area contributed by atoms with Gasteiger partial charge >= 0.3 is 5.97 Å². The van der Waals surface area contributed by atoms with Gasteiger partial charge in [-0.05, 0) is 107 Å². The van der Waals surface area contributed by atoms with Crippen LogP contribution in [0.4, 0.5) is 0 Å². The molecule has 5 rings (SSSR count). The topological polar surface area (TPSA) is 59.4 Å². The van der Waals surface area contributed by atoms with E-state index in [0.29, 0.717) is 11.8 Å². The monoisotopic (exact) mass is 511 g/mol. The smallest absolute Gasteiger partial charge is 0.306 e. The summed E-state index contributed by atoms with van der Waals surface area (Å²) in [6.07, 6.45) is 5.98. The average Bonchev–Trinajstić information content (AvgIpc) is 3.72. The molecule has 3 aromatic rings. The molecule has 1 fully saturated rings. The first kappa shape index (κ1) is 26.5. The number of fused-ring (bicyclic) bond motifs is 1. The quantitative estimate of drug-likeness (QED) is 0.345. The highest BCUT2D eigenvalue weighted by atomic mass is 16.5. The van der Waals surface area contributed by atoms with Crippen LogP contribution in [0.2, 0.25) is 0 Å². The Morgan fingerprint density at radius 3 is 2.45 bits per heavy atom. The number of hydrogen-bond acceptors (Lipinski definition) is 3. The number of rotatable bonds is 7. The van der Waals surface area contributed by atoms with Crippen LogP contribution in [0.5, 0.6) is 5.75 Å². The molecule has 2 unspecified atom stereocenters. The largest absolute Gasteiger partial charge is 0.485 e. The van der Waals surface area contributed by atoms with Gasteiger partial charge in [0.25, 0.3) is 0 Å². The van der Waals surface area contributed by atoms with Crippen molar-refractivity contribution in [1.82, 2.24) is 4.98 Å². The van der Waals surface area contributed by atoms with Gasteiger partial charge in [-0.1, -0.05) is 65.0 Å². The van der Waals surface area contributed by atoms with Gasteiger partial charge in [0, 0.05) is 11.9 Å². The number of nitrogens with zero attached hydrogens (tertiary/aromatic N) is 1. The van der Waals surface area contributed by atoms with E-state index in [4.69, 9.17) is 4.74 Å². The fraction of sp³-hybridized carbons (Fsp3) is 0.471. The summed E-state index contributed by atoms with van der Waals surface area (Å²) in [7, 11) is 0. The molecule has 0 bridgehead atoms. The van der Waals surface area contributed by atoms with Crippen molar-refractivity contribution in [1.29, 1.82) is 0 Å². The molecule has 2 aromatic carbocycles. The zero-order valence-electron chi connectivity index (χ0n) is 23.6. The van der Waals surface area contributed by atoms with Crippen LogP contribution in [0.1, 0.15) is 99.8 Å². The minimum absolute atomic E-state index is 0.0202. The highest BCUT2D eigenvalue weighted by molar-refractivity contribution is 5.71. The van der Waals surface area contributed by atoms with Crippen molar-refractivity contribution in [3.63, 3.8) is 0 Å². The van der Waals surface area contributed by atoms with E-state index in [1.54, 1.807) is 0 Å². The second-order valence-corrected chi connectivity index (χ2v) is 12.6. The maximum atomic E-state index is 11.8. The van der Waals surface area contributed by atoms with Crippen molar-refractivity contribution in [2.45, 2.75) is 85.2 Å². The van der Waals surface area contributed by atoms with E-state index in [1.807, 2.05) is 20.0 Å². The summed E-state index contributed by atoms with van der Waals surface area (Å²) in [4.78, 5) is 16.2. The highest BCUT2D eigenvalue weighted by Crippen LogP contribution is 2.49. The minimum Gasteiger partial charge on any atom is -0.485 e. The van der Waals surface area contributed by atoms with Gasteiger partial charge in [0.15, 0.2) is 0 Å². The molecule has 4 atom stereocenters. The van der Waals surface area contributed by atoms with E-state index >= 15 is 0 Å². The number of carboxylic acids is 1. The number of aryl methyl sites for hydroxylation is 2. The second-order valence-electron chi connectivity index (χ2n) is 12.6. The summed E-state index contributed by atoms with van der Waals surface area (Å²) in [6, 6.07) is 17.5. The molecule has 1 aromatic heterocycles. The van der Waals surface area contributed by atoms with Crippen LogP contribution in [0.25, 0.3) is 11.1 Å². The molecular formula is C34H41NO3. The first-order valence-electron chi connectivity index (χ1n) is 14.1. The fourth-order valence-corrected chi connectivity index (χ4v) is 5.99. The minimum atomic E-state index is -0.719. The number of pyridine rings is 1. The predicted molar refractivity (Wildman–Crippen MR) is 153 cm³/mol. The Hall–Kier alpha value is -3.14. The number of benzene rings is 2. The molecule has 0 spiro atoms. The molecule has 38 heavy (non-hydrogen) atoms. The van der Waals surface area contributed by atoms with Gasteiger partial charge in [-0.15, -0.1) is 0 Å². The van der Waals surface area contributed by atoms with Gasteiger partial charge in [0.1, 0.15) is 11.9 Å². The number of aromatic nitrogens is 1. The number of carboxylic acid groups (broad SMARTS) is 1. The van der Waals surface area contributed by atoms with Crippen LogP contribution in [0.15, 0.2) is 54.7 Å². The molecule has 2 aliphatic rings.